The van der Waals surface area contributed by atoms with Crippen LogP contribution in [0.5, 0.6) is 0 Å². The first-order valence-electron chi connectivity index (χ1n) is 8.13. The van der Waals surface area contributed by atoms with Gasteiger partial charge in [0.2, 0.25) is 0 Å². The molecule has 3 heterocycles. The summed E-state index contributed by atoms with van der Waals surface area (Å²) in [5.74, 6) is 0.943. The van der Waals surface area contributed by atoms with E-state index in [1.165, 1.54) is 8.61 Å². The van der Waals surface area contributed by atoms with Crippen LogP contribution < -0.4 is 5.32 Å². The topological polar surface area (TPSA) is 91.3 Å². The van der Waals surface area contributed by atoms with Crippen LogP contribution in [0.25, 0.3) is 0 Å². The molecule has 1 aliphatic rings. The second-order valence-corrected chi connectivity index (χ2v) is 8.29. The number of anilines is 2. The molecule has 1 saturated heterocycles. The summed E-state index contributed by atoms with van der Waals surface area (Å²) in [6, 6.07) is 3.94. The quantitative estimate of drug-likeness (QED) is 0.869. The summed E-state index contributed by atoms with van der Waals surface area (Å²) in [5.41, 5.74) is 1.84. The van der Waals surface area contributed by atoms with Crippen molar-refractivity contribution in [2.75, 3.05) is 32.5 Å². The van der Waals surface area contributed by atoms with Crippen molar-refractivity contribution in [3.8, 4) is 0 Å². The highest BCUT2D eigenvalue weighted by Gasteiger charge is 2.30. The van der Waals surface area contributed by atoms with E-state index in [-0.39, 0.29) is 5.92 Å². The number of aromatic nitrogens is 3. The number of pyridine rings is 1. The first-order chi connectivity index (χ1) is 12.0. The maximum absolute atomic E-state index is 12.2. The Bertz CT molecular complexity index is 787. The zero-order chi connectivity index (χ0) is 17.9. The molecule has 134 valence electrons. The predicted octanol–water partition coefficient (Wildman–Crippen LogP) is 1.60. The summed E-state index contributed by atoms with van der Waals surface area (Å²) in [6.07, 6.45) is 8.21. The van der Waals surface area contributed by atoms with Gasteiger partial charge in [0.15, 0.2) is 0 Å². The SMILES string of the molecule is CN(C)S(=O)(=O)N1CCC(c2ccc(Nc3cnccn3)cn2)CC1. The summed E-state index contributed by atoms with van der Waals surface area (Å²) in [4.78, 5) is 12.7. The predicted molar refractivity (Wildman–Crippen MR) is 95.7 cm³/mol. The van der Waals surface area contributed by atoms with Crippen molar-refractivity contribution in [1.29, 1.82) is 0 Å². The molecular weight excluding hydrogens is 340 g/mol. The van der Waals surface area contributed by atoms with Crippen LogP contribution >= 0.6 is 0 Å². The van der Waals surface area contributed by atoms with Crippen molar-refractivity contribution >= 4 is 21.7 Å². The van der Waals surface area contributed by atoms with E-state index in [9.17, 15) is 8.42 Å². The molecule has 0 amide bonds. The number of hydrogen-bond donors (Lipinski definition) is 1. The second-order valence-electron chi connectivity index (χ2n) is 6.15. The standard InChI is InChI=1S/C16H22N6O2S/c1-21(2)25(23,24)22-9-5-13(6-10-22)15-4-3-14(11-19-15)20-16-12-17-7-8-18-16/h3-4,7-8,11-13H,5-6,9-10H2,1-2H3,(H,18,20). The first kappa shape index (κ1) is 17.7. The minimum absolute atomic E-state index is 0.277. The summed E-state index contributed by atoms with van der Waals surface area (Å²) in [5, 5.41) is 3.14. The van der Waals surface area contributed by atoms with Crippen LogP contribution in [-0.2, 0) is 10.2 Å². The molecule has 0 saturated carbocycles. The van der Waals surface area contributed by atoms with Gasteiger partial charge in [0.25, 0.3) is 10.2 Å². The van der Waals surface area contributed by atoms with Gasteiger partial charge in [0.05, 0.1) is 18.1 Å². The van der Waals surface area contributed by atoms with Gasteiger partial charge in [0.1, 0.15) is 5.82 Å². The van der Waals surface area contributed by atoms with Crippen molar-refractivity contribution in [2.45, 2.75) is 18.8 Å². The molecule has 0 unspecified atom stereocenters. The maximum Gasteiger partial charge on any atom is 0.281 e. The molecule has 0 aliphatic carbocycles. The Kier molecular flexibility index (Phi) is 5.26. The van der Waals surface area contributed by atoms with Crippen LogP contribution in [0.2, 0.25) is 0 Å². The van der Waals surface area contributed by atoms with E-state index in [0.29, 0.717) is 18.9 Å². The van der Waals surface area contributed by atoms with Gasteiger partial charge in [-0.05, 0) is 25.0 Å². The fraction of sp³-hybridized carbons (Fsp3) is 0.438. The zero-order valence-electron chi connectivity index (χ0n) is 14.3. The van der Waals surface area contributed by atoms with E-state index in [1.54, 1.807) is 38.9 Å². The molecule has 0 spiro atoms. The smallest absolute Gasteiger partial charge is 0.281 e. The number of hydrogen-bond acceptors (Lipinski definition) is 6. The highest BCUT2D eigenvalue weighted by molar-refractivity contribution is 7.86. The lowest BCUT2D eigenvalue weighted by atomic mass is 9.94. The third-order valence-electron chi connectivity index (χ3n) is 4.28. The first-order valence-corrected chi connectivity index (χ1v) is 9.53. The minimum atomic E-state index is -3.32. The molecule has 1 fully saturated rings. The van der Waals surface area contributed by atoms with Gasteiger partial charge in [-0.25, -0.2) is 4.98 Å². The molecule has 0 aromatic carbocycles. The third-order valence-corrected chi connectivity index (χ3v) is 6.22. The van der Waals surface area contributed by atoms with E-state index in [0.717, 1.165) is 24.2 Å². The van der Waals surface area contributed by atoms with Crippen LogP contribution in [0, 0.1) is 0 Å². The Hall–Kier alpha value is -2.10. The third kappa shape index (κ3) is 4.12. The molecule has 3 rings (SSSR count). The summed E-state index contributed by atoms with van der Waals surface area (Å²) >= 11 is 0. The van der Waals surface area contributed by atoms with Gasteiger partial charge in [-0.15, -0.1) is 0 Å². The number of piperidine rings is 1. The van der Waals surface area contributed by atoms with Gasteiger partial charge in [-0.3, -0.25) is 9.97 Å². The molecule has 9 heteroatoms. The fourth-order valence-corrected chi connectivity index (χ4v) is 3.98. The van der Waals surface area contributed by atoms with Gasteiger partial charge < -0.3 is 5.32 Å². The van der Waals surface area contributed by atoms with Crippen molar-refractivity contribution < 1.29 is 8.42 Å². The van der Waals surface area contributed by atoms with E-state index in [4.69, 9.17) is 0 Å². The molecule has 1 N–H and O–H groups in total. The van der Waals surface area contributed by atoms with Crippen LogP contribution in [0.1, 0.15) is 24.5 Å². The molecule has 2 aromatic heterocycles. The normalized spacial score (nSPS) is 16.9. The van der Waals surface area contributed by atoms with Gasteiger partial charge >= 0.3 is 0 Å². The van der Waals surface area contributed by atoms with Crippen LogP contribution in [0.4, 0.5) is 11.5 Å². The Morgan fingerprint density at radius 1 is 1.12 bits per heavy atom. The van der Waals surface area contributed by atoms with Gasteiger partial charge in [-0.2, -0.15) is 17.0 Å². The van der Waals surface area contributed by atoms with Crippen LogP contribution in [-0.4, -0.2) is 59.2 Å². The average molecular weight is 362 g/mol. The number of nitrogens with one attached hydrogen (secondary N) is 1. The molecular formula is C16H22N6O2S. The molecule has 2 aromatic rings. The Morgan fingerprint density at radius 3 is 2.44 bits per heavy atom. The van der Waals surface area contributed by atoms with Crippen LogP contribution in [0.3, 0.4) is 0 Å². The van der Waals surface area contributed by atoms with E-state index >= 15 is 0 Å². The zero-order valence-corrected chi connectivity index (χ0v) is 15.1. The lowest BCUT2D eigenvalue weighted by Crippen LogP contribution is -2.44. The second kappa shape index (κ2) is 7.42. The maximum atomic E-state index is 12.2. The largest absolute Gasteiger partial charge is 0.338 e. The molecule has 25 heavy (non-hydrogen) atoms. The Balaban J connectivity index is 1.61. The average Bonchev–Trinajstić information content (AvgIpc) is 2.63. The molecule has 0 radical (unpaired) electrons. The molecule has 1 aliphatic heterocycles. The lowest BCUT2D eigenvalue weighted by molar-refractivity contribution is 0.300. The van der Waals surface area contributed by atoms with Crippen molar-refractivity contribution in [3.63, 3.8) is 0 Å². The summed E-state index contributed by atoms with van der Waals surface area (Å²) in [7, 11) is -0.201. The lowest BCUT2D eigenvalue weighted by Gasteiger charge is -2.32. The van der Waals surface area contributed by atoms with E-state index in [1.807, 2.05) is 12.1 Å². The monoisotopic (exact) mass is 362 g/mol. The molecule has 0 bridgehead atoms. The van der Waals surface area contributed by atoms with Crippen molar-refractivity contribution in [1.82, 2.24) is 23.6 Å². The highest BCUT2D eigenvalue weighted by atomic mass is 32.2. The van der Waals surface area contributed by atoms with Crippen molar-refractivity contribution in [3.05, 3.63) is 42.6 Å². The van der Waals surface area contributed by atoms with E-state index < -0.39 is 10.2 Å². The Morgan fingerprint density at radius 2 is 1.88 bits per heavy atom. The molecule has 0 atom stereocenters. The van der Waals surface area contributed by atoms with Crippen molar-refractivity contribution in [2.24, 2.45) is 0 Å². The van der Waals surface area contributed by atoms with E-state index in [2.05, 4.69) is 20.3 Å². The minimum Gasteiger partial charge on any atom is -0.338 e. The summed E-state index contributed by atoms with van der Waals surface area (Å²) in [6.45, 7) is 1.04. The molecule has 8 nitrogen and oxygen atoms in total. The number of rotatable bonds is 5. The Labute approximate surface area is 148 Å². The highest BCUT2D eigenvalue weighted by Crippen LogP contribution is 2.29. The van der Waals surface area contributed by atoms with Crippen LogP contribution in [0.15, 0.2) is 36.9 Å². The fourth-order valence-electron chi connectivity index (χ4n) is 2.85. The van der Waals surface area contributed by atoms with Gasteiger partial charge in [-0.1, -0.05) is 0 Å². The number of nitrogens with zero attached hydrogens (tertiary/aromatic N) is 5. The summed E-state index contributed by atoms with van der Waals surface area (Å²) < 4.78 is 27.1. The van der Waals surface area contributed by atoms with Gasteiger partial charge in [0, 0.05) is 51.2 Å².